The van der Waals surface area contributed by atoms with Gasteiger partial charge in [-0.15, -0.1) is 0 Å². The van der Waals surface area contributed by atoms with Gasteiger partial charge in [0, 0.05) is 5.69 Å². The van der Waals surface area contributed by atoms with Crippen LogP contribution in [0.4, 0.5) is 10.1 Å². The first-order valence-corrected chi connectivity index (χ1v) is 5.71. The second kappa shape index (κ2) is 4.02. The van der Waals surface area contributed by atoms with E-state index in [4.69, 9.17) is 0 Å². The molecule has 3 nitrogen and oxygen atoms in total. The summed E-state index contributed by atoms with van der Waals surface area (Å²) in [5, 5.41) is 12.2. The number of hydrogen-bond donors (Lipinski definition) is 2. The fourth-order valence-corrected chi connectivity index (χ4v) is 1.96. The molecule has 0 amide bonds. The van der Waals surface area contributed by atoms with Crippen LogP contribution in [0.1, 0.15) is 25.3 Å². The van der Waals surface area contributed by atoms with Crippen LogP contribution in [0.5, 0.6) is 0 Å². The van der Waals surface area contributed by atoms with Gasteiger partial charge >= 0.3 is 5.97 Å². The number of benzene rings is 1. The SMILES string of the molecule is Cc1ccc(NC(C)(C(=O)O)C2CC2)cc1F. The lowest BCUT2D eigenvalue weighted by Crippen LogP contribution is -2.45. The molecule has 1 aliphatic rings. The van der Waals surface area contributed by atoms with Crippen molar-refractivity contribution in [2.45, 2.75) is 32.2 Å². The van der Waals surface area contributed by atoms with Crippen LogP contribution < -0.4 is 5.32 Å². The molecule has 1 aromatic rings. The summed E-state index contributed by atoms with van der Waals surface area (Å²) in [7, 11) is 0. The Morgan fingerprint density at radius 1 is 1.53 bits per heavy atom. The minimum Gasteiger partial charge on any atom is -0.480 e. The van der Waals surface area contributed by atoms with E-state index in [-0.39, 0.29) is 11.7 Å². The first-order valence-electron chi connectivity index (χ1n) is 5.71. The Morgan fingerprint density at radius 2 is 2.18 bits per heavy atom. The molecule has 1 saturated carbocycles. The van der Waals surface area contributed by atoms with Gasteiger partial charge < -0.3 is 10.4 Å². The summed E-state index contributed by atoms with van der Waals surface area (Å²) in [6.45, 7) is 3.33. The molecule has 2 N–H and O–H groups in total. The average Bonchev–Trinajstić information content (AvgIpc) is 3.07. The molecule has 92 valence electrons. The highest BCUT2D eigenvalue weighted by molar-refractivity contribution is 5.83. The van der Waals surface area contributed by atoms with Crippen molar-refractivity contribution in [2.24, 2.45) is 5.92 Å². The van der Waals surface area contributed by atoms with Crippen LogP contribution in [0.2, 0.25) is 0 Å². The van der Waals surface area contributed by atoms with Crippen molar-refractivity contribution in [3.63, 3.8) is 0 Å². The van der Waals surface area contributed by atoms with Crippen molar-refractivity contribution in [3.8, 4) is 0 Å². The lowest BCUT2D eigenvalue weighted by Gasteiger charge is -2.27. The number of halogens is 1. The number of aryl methyl sites for hydroxylation is 1. The molecule has 0 spiro atoms. The van der Waals surface area contributed by atoms with Crippen molar-refractivity contribution in [1.29, 1.82) is 0 Å². The fourth-order valence-electron chi connectivity index (χ4n) is 1.96. The molecule has 4 heteroatoms. The van der Waals surface area contributed by atoms with Crippen molar-refractivity contribution < 1.29 is 14.3 Å². The summed E-state index contributed by atoms with van der Waals surface area (Å²) in [5.41, 5.74) is 0.0747. The van der Waals surface area contributed by atoms with E-state index in [2.05, 4.69) is 5.32 Å². The van der Waals surface area contributed by atoms with Gasteiger partial charge in [0.1, 0.15) is 11.4 Å². The first kappa shape index (κ1) is 11.9. The maximum absolute atomic E-state index is 13.4. The third kappa shape index (κ3) is 2.25. The minimum atomic E-state index is -0.998. The van der Waals surface area contributed by atoms with Gasteiger partial charge in [-0.05, 0) is 50.3 Å². The van der Waals surface area contributed by atoms with Crippen LogP contribution in [-0.2, 0) is 4.79 Å². The van der Waals surface area contributed by atoms with E-state index < -0.39 is 11.5 Å². The molecule has 17 heavy (non-hydrogen) atoms. The minimum absolute atomic E-state index is 0.129. The zero-order chi connectivity index (χ0) is 12.6. The van der Waals surface area contributed by atoms with E-state index in [1.807, 2.05) is 0 Å². The summed E-state index contributed by atoms with van der Waals surface area (Å²) in [5.74, 6) is -1.08. The van der Waals surface area contributed by atoms with E-state index in [0.717, 1.165) is 12.8 Å². The van der Waals surface area contributed by atoms with Crippen molar-refractivity contribution in [2.75, 3.05) is 5.32 Å². The molecule has 0 bridgehead atoms. The molecular weight excluding hydrogens is 221 g/mol. The van der Waals surface area contributed by atoms with Gasteiger partial charge in [0.15, 0.2) is 0 Å². The van der Waals surface area contributed by atoms with Gasteiger partial charge in [-0.1, -0.05) is 6.07 Å². The van der Waals surface area contributed by atoms with Crippen LogP contribution in [0.15, 0.2) is 18.2 Å². The zero-order valence-electron chi connectivity index (χ0n) is 9.96. The maximum Gasteiger partial charge on any atom is 0.329 e. The number of anilines is 1. The molecular formula is C13H16FNO2. The second-order valence-electron chi connectivity index (χ2n) is 4.87. The highest BCUT2D eigenvalue weighted by Crippen LogP contribution is 2.41. The topological polar surface area (TPSA) is 49.3 Å². The number of aliphatic carboxylic acids is 1. The average molecular weight is 237 g/mol. The Morgan fingerprint density at radius 3 is 2.65 bits per heavy atom. The van der Waals surface area contributed by atoms with Crippen molar-refractivity contribution in [1.82, 2.24) is 0 Å². The summed E-state index contributed by atoms with van der Waals surface area (Å²) in [4.78, 5) is 11.3. The zero-order valence-corrected chi connectivity index (χ0v) is 9.96. The summed E-state index contributed by atoms with van der Waals surface area (Å²) < 4.78 is 13.4. The molecule has 0 aromatic heterocycles. The lowest BCUT2D eigenvalue weighted by molar-refractivity contribution is -0.142. The van der Waals surface area contributed by atoms with Crippen LogP contribution in [0.3, 0.4) is 0 Å². The lowest BCUT2D eigenvalue weighted by atomic mass is 9.95. The molecule has 0 saturated heterocycles. The number of carboxylic acid groups (broad SMARTS) is 1. The van der Waals surface area contributed by atoms with Crippen LogP contribution >= 0.6 is 0 Å². The Labute approximate surface area is 99.7 Å². The Balaban J connectivity index is 2.23. The van der Waals surface area contributed by atoms with E-state index in [1.54, 1.807) is 26.0 Å². The van der Waals surface area contributed by atoms with E-state index in [9.17, 15) is 14.3 Å². The monoisotopic (exact) mass is 237 g/mol. The molecule has 0 aliphatic heterocycles. The van der Waals surface area contributed by atoms with Crippen LogP contribution in [-0.4, -0.2) is 16.6 Å². The number of carbonyl (C=O) groups is 1. The third-order valence-corrected chi connectivity index (χ3v) is 3.41. The molecule has 2 rings (SSSR count). The fraction of sp³-hybridized carbons (Fsp3) is 0.462. The van der Waals surface area contributed by atoms with Crippen LogP contribution in [0.25, 0.3) is 0 Å². The summed E-state index contributed by atoms with van der Waals surface area (Å²) in [6, 6.07) is 4.70. The van der Waals surface area contributed by atoms with Gasteiger partial charge in [0.2, 0.25) is 0 Å². The van der Waals surface area contributed by atoms with Crippen molar-refractivity contribution >= 4 is 11.7 Å². The Hall–Kier alpha value is -1.58. The molecule has 1 fully saturated rings. The standard InChI is InChI=1S/C13H16FNO2/c1-8-3-6-10(7-11(8)14)15-13(2,12(16)17)9-4-5-9/h3,6-7,9,15H,4-5H2,1-2H3,(H,16,17). The molecule has 1 unspecified atom stereocenters. The first-order chi connectivity index (χ1) is 7.93. The van der Waals surface area contributed by atoms with Gasteiger partial charge in [-0.25, -0.2) is 9.18 Å². The van der Waals surface area contributed by atoms with Crippen molar-refractivity contribution in [3.05, 3.63) is 29.6 Å². The second-order valence-corrected chi connectivity index (χ2v) is 4.87. The summed E-state index contributed by atoms with van der Waals surface area (Å²) in [6.07, 6.45) is 1.81. The number of carboxylic acids is 1. The number of nitrogens with one attached hydrogen (secondary N) is 1. The predicted octanol–water partition coefficient (Wildman–Crippen LogP) is 2.80. The maximum atomic E-state index is 13.4. The number of hydrogen-bond acceptors (Lipinski definition) is 2. The molecule has 1 atom stereocenters. The molecule has 1 aliphatic carbocycles. The smallest absolute Gasteiger partial charge is 0.329 e. The molecule has 0 heterocycles. The van der Waals surface area contributed by atoms with E-state index in [1.165, 1.54) is 6.07 Å². The number of rotatable bonds is 4. The van der Waals surface area contributed by atoms with Gasteiger partial charge in [-0.3, -0.25) is 0 Å². The summed E-state index contributed by atoms with van der Waals surface area (Å²) >= 11 is 0. The highest BCUT2D eigenvalue weighted by atomic mass is 19.1. The molecule has 0 radical (unpaired) electrons. The Bertz CT molecular complexity index is 457. The van der Waals surface area contributed by atoms with E-state index in [0.29, 0.717) is 11.3 Å². The largest absolute Gasteiger partial charge is 0.480 e. The van der Waals surface area contributed by atoms with Gasteiger partial charge in [0.05, 0.1) is 0 Å². The van der Waals surface area contributed by atoms with Crippen LogP contribution in [0, 0.1) is 18.7 Å². The normalized spacial score (nSPS) is 18.5. The van der Waals surface area contributed by atoms with Gasteiger partial charge in [0.25, 0.3) is 0 Å². The van der Waals surface area contributed by atoms with E-state index >= 15 is 0 Å². The quantitative estimate of drug-likeness (QED) is 0.846. The predicted molar refractivity (Wildman–Crippen MR) is 63.5 cm³/mol. The van der Waals surface area contributed by atoms with Gasteiger partial charge in [-0.2, -0.15) is 0 Å². The molecule has 1 aromatic carbocycles. The third-order valence-electron chi connectivity index (χ3n) is 3.41. The Kier molecular flexibility index (Phi) is 2.81. The highest BCUT2D eigenvalue weighted by Gasteiger charge is 2.47.